The van der Waals surface area contributed by atoms with E-state index in [1.54, 1.807) is 28.2 Å². The zero-order chi connectivity index (χ0) is 21.1. The fraction of sp³-hybridized carbons (Fsp3) is 0.217. The summed E-state index contributed by atoms with van der Waals surface area (Å²) in [6, 6.07) is 14.7. The Kier molecular flexibility index (Phi) is 5.92. The summed E-state index contributed by atoms with van der Waals surface area (Å²) < 4.78 is 21.7. The molecule has 0 aliphatic heterocycles. The predicted octanol–water partition coefficient (Wildman–Crippen LogP) is 5.30. The van der Waals surface area contributed by atoms with Crippen LogP contribution in [0, 0.1) is 12.7 Å². The van der Waals surface area contributed by atoms with E-state index in [4.69, 9.17) is 9.84 Å². The zero-order valence-corrected chi connectivity index (χ0v) is 17.9. The number of halogens is 1. The number of aryl methyl sites for hydroxylation is 1. The number of hydrogen-bond donors (Lipinski definition) is 1. The molecule has 2 heterocycles. The van der Waals surface area contributed by atoms with Gasteiger partial charge >= 0.3 is 0 Å². The van der Waals surface area contributed by atoms with Gasteiger partial charge in [-0.25, -0.2) is 14.1 Å². The average Bonchev–Trinajstić information content (AvgIpc) is 3.39. The summed E-state index contributed by atoms with van der Waals surface area (Å²) in [5.74, 6) is 0.114. The largest absolute Gasteiger partial charge is 0.497 e. The van der Waals surface area contributed by atoms with Crippen LogP contribution in [0.25, 0.3) is 16.9 Å². The Balaban J connectivity index is 1.68. The molecule has 5 nitrogen and oxygen atoms in total. The van der Waals surface area contributed by atoms with Crippen LogP contribution in [-0.2, 0) is 6.54 Å². The molecule has 7 heteroatoms. The summed E-state index contributed by atoms with van der Waals surface area (Å²) in [6.45, 7) is 4.60. The van der Waals surface area contributed by atoms with E-state index >= 15 is 0 Å². The molecular formula is C23H23FN4OS. The highest BCUT2D eigenvalue weighted by Crippen LogP contribution is 2.29. The Hall–Kier alpha value is -3.03. The van der Waals surface area contributed by atoms with Crippen molar-refractivity contribution < 1.29 is 9.13 Å². The maximum absolute atomic E-state index is 14.8. The third-order valence-corrected chi connectivity index (χ3v) is 5.71. The third-order valence-electron chi connectivity index (χ3n) is 4.92. The SMILES string of the molecule is COc1ccc(-c2nn(-c3ccccc3)cc2CNC(C)c2csc(C)n2)c(F)c1. The lowest BCUT2D eigenvalue weighted by Gasteiger charge is -2.12. The van der Waals surface area contributed by atoms with Crippen molar-refractivity contribution in [3.8, 4) is 22.7 Å². The van der Waals surface area contributed by atoms with Gasteiger partial charge in [-0.05, 0) is 38.1 Å². The third kappa shape index (κ3) is 4.27. The Bertz CT molecular complexity index is 1140. The van der Waals surface area contributed by atoms with Gasteiger partial charge in [-0.1, -0.05) is 18.2 Å². The summed E-state index contributed by atoms with van der Waals surface area (Å²) in [7, 11) is 1.52. The van der Waals surface area contributed by atoms with Crippen LogP contribution < -0.4 is 10.1 Å². The minimum absolute atomic E-state index is 0.0728. The van der Waals surface area contributed by atoms with Gasteiger partial charge in [0.15, 0.2) is 0 Å². The lowest BCUT2D eigenvalue weighted by Crippen LogP contribution is -2.18. The predicted molar refractivity (Wildman–Crippen MR) is 118 cm³/mol. The molecule has 0 saturated heterocycles. The number of nitrogens with one attached hydrogen (secondary N) is 1. The van der Waals surface area contributed by atoms with Crippen LogP contribution in [-0.4, -0.2) is 21.9 Å². The highest BCUT2D eigenvalue weighted by Gasteiger charge is 2.18. The van der Waals surface area contributed by atoms with E-state index in [-0.39, 0.29) is 11.9 Å². The van der Waals surface area contributed by atoms with Gasteiger partial charge < -0.3 is 10.1 Å². The van der Waals surface area contributed by atoms with Crippen LogP contribution >= 0.6 is 11.3 Å². The Morgan fingerprint density at radius 2 is 2.00 bits per heavy atom. The summed E-state index contributed by atoms with van der Waals surface area (Å²) in [4.78, 5) is 4.55. The van der Waals surface area contributed by atoms with Gasteiger partial charge in [0.1, 0.15) is 17.3 Å². The number of benzene rings is 2. The van der Waals surface area contributed by atoms with Crippen molar-refractivity contribution in [3.05, 3.63) is 82.2 Å². The number of hydrogen-bond acceptors (Lipinski definition) is 5. The smallest absolute Gasteiger partial charge is 0.136 e. The molecule has 1 unspecified atom stereocenters. The molecule has 0 fully saturated rings. The van der Waals surface area contributed by atoms with Crippen molar-refractivity contribution in [2.75, 3.05) is 7.11 Å². The lowest BCUT2D eigenvalue weighted by atomic mass is 10.1. The number of aromatic nitrogens is 3. The second-order valence-electron chi connectivity index (χ2n) is 7.02. The molecule has 2 aromatic heterocycles. The highest BCUT2D eigenvalue weighted by atomic mass is 32.1. The van der Waals surface area contributed by atoms with E-state index in [0.717, 1.165) is 22.0 Å². The molecule has 4 aromatic rings. The molecule has 0 spiro atoms. The first-order valence-electron chi connectivity index (χ1n) is 9.68. The zero-order valence-electron chi connectivity index (χ0n) is 17.1. The summed E-state index contributed by atoms with van der Waals surface area (Å²) >= 11 is 1.63. The molecule has 0 aliphatic rings. The molecule has 0 saturated carbocycles. The highest BCUT2D eigenvalue weighted by molar-refractivity contribution is 7.09. The first-order chi connectivity index (χ1) is 14.5. The van der Waals surface area contributed by atoms with Gasteiger partial charge in [-0.15, -0.1) is 11.3 Å². The molecule has 2 aromatic carbocycles. The second kappa shape index (κ2) is 8.77. The number of para-hydroxylation sites is 1. The molecule has 0 bridgehead atoms. The van der Waals surface area contributed by atoms with Gasteiger partial charge in [-0.2, -0.15) is 5.10 Å². The van der Waals surface area contributed by atoms with Gasteiger partial charge in [0.25, 0.3) is 0 Å². The first-order valence-corrected chi connectivity index (χ1v) is 10.6. The molecule has 0 amide bonds. The Labute approximate surface area is 179 Å². The topological polar surface area (TPSA) is 52.0 Å². The summed E-state index contributed by atoms with van der Waals surface area (Å²) in [5, 5.41) is 11.3. The average molecular weight is 423 g/mol. The van der Waals surface area contributed by atoms with Crippen LogP contribution in [0.3, 0.4) is 0 Å². The fourth-order valence-corrected chi connectivity index (χ4v) is 3.95. The van der Waals surface area contributed by atoms with E-state index in [2.05, 4.69) is 22.6 Å². The monoisotopic (exact) mass is 422 g/mol. The van der Waals surface area contributed by atoms with E-state index in [1.165, 1.54) is 13.2 Å². The first kappa shape index (κ1) is 20.3. The number of nitrogens with zero attached hydrogens (tertiary/aromatic N) is 3. The van der Waals surface area contributed by atoms with Gasteiger partial charge in [0.2, 0.25) is 0 Å². The standard InChI is InChI=1S/C23H23FN4OS/c1-15(22-14-30-16(2)26-22)25-12-17-13-28(18-7-5-4-6-8-18)27-23(17)20-10-9-19(29-3)11-21(20)24/h4-11,13-15,25H,12H2,1-3H3. The second-order valence-corrected chi connectivity index (χ2v) is 8.09. The van der Waals surface area contributed by atoms with E-state index in [1.807, 2.05) is 43.5 Å². The van der Waals surface area contributed by atoms with Crippen molar-refractivity contribution in [3.63, 3.8) is 0 Å². The van der Waals surface area contributed by atoms with Gasteiger partial charge in [0, 0.05) is 41.4 Å². The molecule has 1 atom stereocenters. The fourth-order valence-electron chi connectivity index (χ4n) is 3.24. The molecule has 0 radical (unpaired) electrons. The van der Waals surface area contributed by atoms with Gasteiger partial charge in [0.05, 0.1) is 23.5 Å². The van der Waals surface area contributed by atoms with Crippen molar-refractivity contribution in [2.45, 2.75) is 26.4 Å². The van der Waals surface area contributed by atoms with Crippen molar-refractivity contribution in [1.29, 1.82) is 0 Å². The van der Waals surface area contributed by atoms with Gasteiger partial charge in [-0.3, -0.25) is 0 Å². The summed E-state index contributed by atoms with van der Waals surface area (Å²) in [5.41, 5.74) is 3.88. The molecule has 154 valence electrons. The lowest BCUT2D eigenvalue weighted by molar-refractivity contribution is 0.411. The van der Waals surface area contributed by atoms with Crippen LogP contribution in [0.1, 0.15) is 29.2 Å². The minimum Gasteiger partial charge on any atom is -0.497 e. The van der Waals surface area contributed by atoms with E-state index < -0.39 is 0 Å². The molecule has 30 heavy (non-hydrogen) atoms. The Morgan fingerprint density at radius 1 is 1.20 bits per heavy atom. The number of rotatable bonds is 7. The number of ether oxygens (including phenoxy) is 1. The maximum Gasteiger partial charge on any atom is 0.136 e. The van der Waals surface area contributed by atoms with Crippen LogP contribution in [0.2, 0.25) is 0 Å². The molecule has 4 rings (SSSR count). The van der Waals surface area contributed by atoms with Crippen LogP contribution in [0.4, 0.5) is 4.39 Å². The molecule has 0 aliphatic carbocycles. The normalized spacial score (nSPS) is 12.1. The molecule has 1 N–H and O–H groups in total. The van der Waals surface area contributed by atoms with Crippen molar-refractivity contribution in [1.82, 2.24) is 20.1 Å². The maximum atomic E-state index is 14.8. The van der Waals surface area contributed by atoms with Crippen molar-refractivity contribution in [2.24, 2.45) is 0 Å². The van der Waals surface area contributed by atoms with Crippen LogP contribution in [0.15, 0.2) is 60.1 Å². The van der Waals surface area contributed by atoms with E-state index in [0.29, 0.717) is 23.6 Å². The summed E-state index contributed by atoms with van der Waals surface area (Å²) in [6.07, 6.45) is 1.94. The molecular weight excluding hydrogens is 399 g/mol. The number of methoxy groups -OCH3 is 1. The quantitative estimate of drug-likeness (QED) is 0.439. The minimum atomic E-state index is -0.364. The Morgan fingerprint density at radius 3 is 2.67 bits per heavy atom. The van der Waals surface area contributed by atoms with Crippen LogP contribution in [0.5, 0.6) is 5.75 Å². The number of thiazole rings is 1. The van der Waals surface area contributed by atoms with E-state index in [9.17, 15) is 4.39 Å². The van der Waals surface area contributed by atoms with Crippen molar-refractivity contribution >= 4 is 11.3 Å².